The number of aromatic nitrogens is 7. The summed E-state index contributed by atoms with van der Waals surface area (Å²) < 4.78 is 15.2. The molecule has 0 unspecified atom stereocenters. The van der Waals surface area contributed by atoms with E-state index in [9.17, 15) is 9.18 Å². The van der Waals surface area contributed by atoms with Crippen LogP contribution in [0, 0.1) is 12.9 Å². The van der Waals surface area contributed by atoms with Crippen LogP contribution in [0.25, 0.3) is 11.4 Å². The summed E-state index contributed by atoms with van der Waals surface area (Å²) in [5.74, 6) is 0.0166. The molecule has 9 nitrogen and oxygen atoms in total. The third-order valence-electron chi connectivity index (χ3n) is 4.77. The average molecular weight is 384 g/mol. The highest BCUT2D eigenvalue weighted by Crippen LogP contribution is 2.30. The lowest BCUT2D eigenvalue weighted by Gasteiger charge is -2.23. The maximum atomic E-state index is 13.2. The fourth-order valence-corrected chi connectivity index (χ4v) is 3.49. The molecule has 28 heavy (non-hydrogen) atoms. The monoisotopic (exact) mass is 384 g/mol. The predicted octanol–water partition coefficient (Wildman–Crippen LogP) is 2.52. The summed E-state index contributed by atoms with van der Waals surface area (Å²) in [6, 6.07) is 4.98. The zero-order chi connectivity index (χ0) is 19.5. The number of aryl methyl sites for hydroxylation is 1. The minimum atomic E-state index is -0.627. The van der Waals surface area contributed by atoms with Gasteiger partial charge >= 0.3 is 0 Å². The number of amides is 1. The number of carbonyl (C=O) groups is 1. The molecule has 0 bridgehead atoms. The van der Waals surface area contributed by atoms with Gasteiger partial charge < -0.3 is 5.32 Å². The van der Waals surface area contributed by atoms with Gasteiger partial charge in [-0.15, -0.1) is 10.2 Å². The number of halogens is 1. The molecule has 0 radical (unpaired) electrons. The van der Waals surface area contributed by atoms with Gasteiger partial charge in [0.15, 0.2) is 0 Å². The first-order valence-electron chi connectivity index (χ1n) is 9.34. The normalized spacial score (nSPS) is 14.9. The van der Waals surface area contributed by atoms with Gasteiger partial charge in [-0.25, -0.2) is 9.67 Å². The van der Waals surface area contributed by atoms with Gasteiger partial charge in [0.05, 0.1) is 11.7 Å². The highest BCUT2D eigenvalue weighted by molar-refractivity contribution is 5.89. The maximum Gasteiger partial charge on any atom is 0.249 e. The van der Waals surface area contributed by atoms with E-state index >= 15 is 0 Å². The van der Waals surface area contributed by atoms with Gasteiger partial charge in [-0.05, 0) is 31.0 Å². The van der Waals surface area contributed by atoms with E-state index < -0.39 is 5.95 Å². The number of nitrogens with zero attached hydrogens (tertiary/aromatic N) is 7. The number of tetrazole rings is 1. The summed E-state index contributed by atoms with van der Waals surface area (Å²) in [6.07, 6.45) is 7.07. The van der Waals surface area contributed by atoms with E-state index in [1.807, 2.05) is 17.7 Å². The molecule has 3 heterocycles. The molecule has 1 aliphatic rings. The number of pyridine rings is 1. The van der Waals surface area contributed by atoms with Crippen LogP contribution in [0.2, 0.25) is 0 Å². The van der Waals surface area contributed by atoms with Crippen LogP contribution >= 0.6 is 0 Å². The third-order valence-corrected chi connectivity index (χ3v) is 4.77. The third kappa shape index (κ3) is 4.05. The summed E-state index contributed by atoms with van der Waals surface area (Å²) in [4.78, 5) is 17.1. The Morgan fingerprint density at radius 1 is 1.25 bits per heavy atom. The second-order valence-corrected chi connectivity index (χ2v) is 6.97. The minimum Gasteiger partial charge on any atom is -0.309 e. The van der Waals surface area contributed by atoms with Crippen molar-refractivity contribution in [3.8, 4) is 11.4 Å². The Morgan fingerprint density at radius 2 is 2.07 bits per heavy atom. The van der Waals surface area contributed by atoms with Crippen molar-refractivity contribution in [2.75, 3.05) is 5.32 Å². The fourth-order valence-electron chi connectivity index (χ4n) is 3.49. The SMILES string of the molecule is Cc1cc(NC(=O)Cn2nnc(-c3ccnc(F)c3)n2)n(C2CCCCC2)n1. The molecule has 0 spiro atoms. The Balaban J connectivity index is 1.44. The molecule has 1 amide bonds. The molecule has 10 heteroatoms. The second-order valence-electron chi connectivity index (χ2n) is 6.97. The average Bonchev–Trinajstić information content (AvgIpc) is 3.29. The predicted molar refractivity (Wildman–Crippen MR) is 98.7 cm³/mol. The van der Waals surface area contributed by atoms with Crippen LogP contribution in [-0.4, -0.2) is 40.9 Å². The van der Waals surface area contributed by atoms with E-state index in [0.29, 0.717) is 17.4 Å². The quantitative estimate of drug-likeness (QED) is 0.678. The number of anilines is 1. The van der Waals surface area contributed by atoms with Crippen LogP contribution in [0.15, 0.2) is 24.4 Å². The lowest BCUT2D eigenvalue weighted by molar-refractivity contribution is -0.117. The van der Waals surface area contributed by atoms with Crippen molar-refractivity contribution in [1.29, 1.82) is 0 Å². The standard InChI is InChI=1S/C18H21FN8O/c1-12-9-16(27(23-12)14-5-3-2-4-6-14)21-17(28)11-26-24-18(22-25-26)13-7-8-20-15(19)10-13/h7-10,14H,2-6,11H2,1H3,(H,21,28). The Morgan fingerprint density at radius 3 is 2.86 bits per heavy atom. The highest BCUT2D eigenvalue weighted by Gasteiger charge is 2.20. The van der Waals surface area contributed by atoms with Crippen molar-refractivity contribution in [2.45, 2.75) is 51.6 Å². The molecule has 3 aromatic heterocycles. The molecule has 1 fully saturated rings. The fraction of sp³-hybridized carbons (Fsp3) is 0.444. The van der Waals surface area contributed by atoms with Gasteiger partial charge in [0, 0.05) is 23.9 Å². The number of hydrogen-bond acceptors (Lipinski definition) is 6. The van der Waals surface area contributed by atoms with Gasteiger partial charge in [0.1, 0.15) is 12.4 Å². The molecule has 0 saturated heterocycles. The van der Waals surface area contributed by atoms with Gasteiger partial charge in [-0.2, -0.15) is 14.3 Å². The Bertz CT molecular complexity index is 976. The highest BCUT2D eigenvalue weighted by atomic mass is 19.1. The Hall–Kier alpha value is -3.17. The largest absolute Gasteiger partial charge is 0.309 e. The van der Waals surface area contributed by atoms with E-state index in [1.54, 1.807) is 6.07 Å². The molecule has 3 aromatic rings. The van der Waals surface area contributed by atoms with Crippen LogP contribution in [0.5, 0.6) is 0 Å². The summed E-state index contributed by atoms with van der Waals surface area (Å²) in [7, 11) is 0. The Kier molecular flexibility index (Phi) is 5.09. The number of rotatable bonds is 5. The first-order valence-corrected chi connectivity index (χ1v) is 9.34. The number of nitrogens with one attached hydrogen (secondary N) is 1. The van der Waals surface area contributed by atoms with Crippen molar-refractivity contribution in [3.05, 3.63) is 36.0 Å². The van der Waals surface area contributed by atoms with E-state index in [-0.39, 0.29) is 18.3 Å². The summed E-state index contributed by atoms with van der Waals surface area (Å²) >= 11 is 0. The van der Waals surface area contributed by atoms with Gasteiger partial charge in [0.2, 0.25) is 17.7 Å². The number of hydrogen-bond donors (Lipinski definition) is 1. The molecule has 1 N–H and O–H groups in total. The topological polar surface area (TPSA) is 103 Å². The van der Waals surface area contributed by atoms with E-state index in [4.69, 9.17) is 0 Å². The van der Waals surface area contributed by atoms with E-state index in [2.05, 4.69) is 30.8 Å². The van der Waals surface area contributed by atoms with Crippen LogP contribution in [0.1, 0.15) is 43.8 Å². The van der Waals surface area contributed by atoms with Crippen molar-refractivity contribution in [3.63, 3.8) is 0 Å². The molecular weight excluding hydrogens is 363 g/mol. The molecule has 146 valence electrons. The van der Waals surface area contributed by atoms with Gasteiger partial charge in [-0.3, -0.25) is 4.79 Å². The summed E-state index contributed by atoms with van der Waals surface area (Å²) in [5, 5.41) is 19.3. The first kappa shape index (κ1) is 18.2. The van der Waals surface area contributed by atoms with Gasteiger partial charge in [-0.1, -0.05) is 19.3 Å². The zero-order valence-corrected chi connectivity index (χ0v) is 15.5. The minimum absolute atomic E-state index is 0.102. The summed E-state index contributed by atoms with van der Waals surface area (Å²) in [5.41, 5.74) is 1.31. The van der Waals surface area contributed by atoms with E-state index in [1.165, 1.54) is 36.3 Å². The second kappa shape index (κ2) is 7.83. The van der Waals surface area contributed by atoms with Crippen LogP contribution in [0.3, 0.4) is 0 Å². The molecule has 0 aliphatic heterocycles. The maximum absolute atomic E-state index is 13.2. The van der Waals surface area contributed by atoms with Crippen molar-refractivity contribution in [2.24, 2.45) is 0 Å². The van der Waals surface area contributed by atoms with Crippen LogP contribution in [-0.2, 0) is 11.3 Å². The Labute approximate surface area is 161 Å². The smallest absolute Gasteiger partial charge is 0.249 e. The van der Waals surface area contributed by atoms with Crippen LogP contribution in [0.4, 0.5) is 10.2 Å². The van der Waals surface area contributed by atoms with Crippen molar-refractivity contribution >= 4 is 11.7 Å². The molecule has 0 atom stereocenters. The lowest BCUT2D eigenvalue weighted by Crippen LogP contribution is -2.24. The number of carbonyl (C=O) groups excluding carboxylic acids is 1. The molecule has 0 aromatic carbocycles. The zero-order valence-electron chi connectivity index (χ0n) is 15.5. The van der Waals surface area contributed by atoms with Crippen LogP contribution < -0.4 is 5.32 Å². The summed E-state index contributed by atoms with van der Waals surface area (Å²) in [6.45, 7) is 1.81. The van der Waals surface area contributed by atoms with Crippen molar-refractivity contribution in [1.82, 2.24) is 35.0 Å². The molecule has 1 aliphatic carbocycles. The molecule has 4 rings (SSSR count). The molecule has 1 saturated carbocycles. The van der Waals surface area contributed by atoms with Crippen molar-refractivity contribution < 1.29 is 9.18 Å². The van der Waals surface area contributed by atoms with E-state index in [0.717, 1.165) is 18.5 Å². The first-order chi connectivity index (χ1) is 13.6. The lowest BCUT2D eigenvalue weighted by atomic mass is 9.96. The van der Waals surface area contributed by atoms with Gasteiger partial charge in [0.25, 0.3) is 0 Å². The molecular formula is C18H21FN8O.